The fourth-order valence-electron chi connectivity index (χ4n) is 1.76. The Hall–Kier alpha value is -1.55. The van der Waals surface area contributed by atoms with E-state index in [1.54, 1.807) is 37.3 Å². The molecule has 17 heavy (non-hydrogen) atoms. The number of phosphoric ester groups is 1. The molecule has 0 amide bonds. The standard InChI is InChI=1S/C11H12NO4P/c1-7-6-10(12)8-4-2-3-5-9(8)11(7)16-17(13,14)15/h2-6H,12H2,1H3,(H2,13,14,15). The highest BCUT2D eigenvalue weighted by Gasteiger charge is 2.20. The van der Waals surface area contributed by atoms with Gasteiger partial charge in [0.15, 0.2) is 0 Å². The van der Waals surface area contributed by atoms with Crippen molar-refractivity contribution in [2.45, 2.75) is 6.92 Å². The number of aryl methyl sites for hydroxylation is 1. The second-order valence-electron chi connectivity index (χ2n) is 3.74. The zero-order chi connectivity index (χ0) is 12.6. The highest BCUT2D eigenvalue weighted by molar-refractivity contribution is 7.46. The zero-order valence-corrected chi connectivity index (χ0v) is 10.0. The van der Waals surface area contributed by atoms with Crippen molar-refractivity contribution in [2.75, 3.05) is 5.73 Å². The summed E-state index contributed by atoms with van der Waals surface area (Å²) in [6.45, 7) is 1.69. The predicted octanol–water partition coefficient (Wildman–Crippen LogP) is 2.20. The first-order valence-corrected chi connectivity index (χ1v) is 6.44. The number of nitrogen functional groups attached to an aromatic ring is 1. The number of hydrogen-bond acceptors (Lipinski definition) is 3. The fraction of sp³-hybridized carbons (Fsp3) is 0.0909. The van der Waals surface area contributed by atoms with E-state index in [0.29, 0.717) is 22.0 Å². The predicted molar refractivity (Wildman–Crippen MR) is 65.8 cm³/mol. The van der Waals surface area contributed by atoms with Crippen LogP contribution < -0.4 is 10.3 Å². The Morgan fingerprint density at radius 1 is 1.24 bits per heavy atom. The van der Waals surface area contributed by atoms with E-state index in [2.05, 4.69) is 0 Å². The minimum Gasteiger partial charge on any atom is -0.403 e. The highest BCUT2D eigenvalue weighted by Crippen LogP contribution is 2.43. The van der Waals surface area contributed by atoms with E-state index in [1.807, 2.05) is 0 Å². The van der Waals surface area contributed by atoms with E-state index in [9.17, 15) is 4.57 Å². The maximum Gasteiger partial charge on any atom is 0.524 e. The molecule has 4 N–H and O–H groups in total. The summed E-state index contributed by atoms with van der Waals surface area (Å²) in [5.41, 5.74) is 6.98. The van der Waals surface area contributed by atoms with Gasteiger partial charge in [0.25, 0.3) is 0 Å². The molecule has 6 heteroatoms. The third-order valence-electron chi connectivity index (χ3n) is 2.42. The Labute approximate surface area is 98.1 Å². The third kappa shape index (κ3) is 2.42. The number of phosphoric acid groups is 1. The van der Waals surface area contributed by atoms with Gasteiger partial charge in [0.2, 0.25) is 0 Å². The van der Waals surface area contributed by atoms with Crippen LogP contribution in [0.4, 0.5) is 5.69 Å². The molecule has 0 fully saturated rings. The molecule has 0 spiro atoms. The summed E-state index contributed by atoms with van der Waals surface area (Å²) in [5.74, 6) is 0.170. The maximum absolute atomic E-state index is 10.9. The third-order valence-corrected chi connectivity index (χ3v) is 2.84. The van der Waals surface area contributed by atoms with Gasteiger partial charge in [-0.2, -0.15) is 0 Å². The average Bonchev–Trinajstić information content (AvgIpc) is 2.23. The van der Waals surface area contributed by atoms with Crippen LogP contribution in [0.25, 0.3) is 10.8 Å². The van der Waals surface area contributed by atoms with Gasteiger partial charge in [-0.1, -0.05) is 24.3 Å². The van der Waals surface area contributed by atoms with E-state index in [4.69, 9.17) is 20.0 Å². The lowest BCUT2D eigenvalue weighted by Crippen LogP contribution is -1.96. The second-order valence-corrected chi connectivity index (χ2v) is 4.90. The summed E-state index contributed by atoms with van der Waals surface area (Å²) in [7, 11) is -4.57. The minimum absolute atomic E-state index is 0.170. The summed E-state index contributed by atoms with van der Waals surface area (Å²) < 4.78 is 15.6. The molecule has 0 radical (unpaired) electrons. The van der Waals surface area contributed by atoms with Gasteiger partial charge in [0, 0.05) is 16.5 Å². The number of fused-ring (bicyclic) bond motifs is 1. The van der Waals surface area contributed by atoms with Crippen LogP contribution >= 0.6 is 7.82 Å². The summed E-state index contributed by atoms with van der Waals surface area (Å²) in [6.07, 6.45) is 0. The molecular weight excluding hydrogens is 241 g/mol. The van der Waals surface area contributed by atoms with Gasteiger partial charge in [-0.25, -0.2) is 4.57 Å². The van der Waals surface area contributed by atoms with Gasteiger partial charge in [-0.15, -0.1) is 0 Å². The molecule has 90 valence electrons. The van der Waals surface area contributed by atoms with E-state index < -0.39 is 7.82 Å². The summed E-state index contributed by atoms with van der Waals surface area (Å²) in [4.78, 5) is 17.8. The molecular formula is C11H12NO4P. The zero-order valence-electron chi connectivity index (χ0n) is 9.12. The second kappa shape index (κ2) is 4.04. The largest absolute Gasteiger partial charge is 0.524 e. The van der Waals surface area contributed by atoms with Crippen molar-refractivity contribution in [3.05, 3.63) is 35.9 Å². The molecule has 0 aliphatic heterocycles. The Kier molecular flexibility index (Phi) is 2.83. The monoisotopic (exact) mass is 253 g/mol. The number of rotatable bonds is 2. The quantitative estimate of drug-likeness (QED) is 0.563. The molecule has 0 heterocycles. The summed E-state index contributed by atoms with van der Waals surface area (Å²) in [6, 6.07) is 8.68. The van der Waals surface area contributed by atoms with Gasteiger partial charge < -0.3 is 10.3 Å². The molecule has 0 unspecified atom stereocenters. The number of anilines is 1. The van der Waals surface area contributed by atoms with Gasteiger partial charge in [0.1, 0.15) is 5.75 Å². The number of benzene rings is 2. The Balaban J connectivity index is 2.74. The molecule has 0 aliphatic carbocycles. The maximum atomic E-state index is 10.9. The normalized spacial score (nSPS) is 11.7. The van der Waals surface area contributed by atoms with E-state index in [0.717, 1.165) is 0 Å². The van der Waals surface area contributed by atoms with Gasteiger partial charge in [-0.05, 0) is 18.6 Å². The van der Waals surface area contributed by atoms with Gasteiger partial charge in [0.05, 0.1) is 0 Å². The molecule has 0 atom stereocenters. The molecule has 0 aromatic heterocycles. The Morgan fingerprint density at radius 3 is 2.41 bits per heavy atom. The van der Waals surface area contributed by atoms with E-state index >= 15 is 0 Å². The van der Waals surface area contributed by atoms with Crippen LogP contribution in [-0.4, -0.2) is 9.79 Å². The van der Waals surface area contributed by atoms with Crippen molar-refractivity contribution in [3.8, 4) is 5.75 Å². The van der Waals surface area contributed by atoms with Crippen LogP contribution in [0.2, 0.25) is 0 Å². The van der Waals surface area contributed by atoms with Crippen LogP contribution in [0.3, 0.4) is 0 Å². The van der Waals surface area contributed by atoms with E-state index in [1.165, 1.54) is 0 Å². The van der Waals surface area contributed by atoms with Crippen LogP contribution in [0.5, 0.6) is 5.75 Å². The van der Waals surface area contributed by atoms with Crippen molar-refractivity contribution < 1.29 is 18.9 Å². The molecule has 0 aliphatic rings. The smallest absolute Gasteiger partial charge is 0.403 e. The SMILES string of the molecule is Cc1cc(N)c2ccccc2c1OP(=O)(O)O. The first kappa shape index (κ1) is 11.9. The van der Waals surface area contributed by atoms with Crippen LogP contribution in [0, 0.1) is 6.92 Å². The molecule has 0 saturated carbocycles. The lowest BCUT2D eigenvalue weighted by Gasteiger charge is -2.14. The minimum atomic E-state index is -4.57. The molecule has 2 aromatic rings. The van der Waals surface area contributed by atoms with Crippen LogP contribution in [0.15, 0.2) is 30.3 Å². The lowest BCUT2D eigenvalue weighted by molar-refractivity contribution is 0.283. The number of nitrogens with two attached hydrogens (primary N) is 1. The van der Waals surface area contributed by atoms with Gasteiger partial charge >= 0.3 is 7.82 Å². The first-order chi connectivity index (χ1) is 7.88. The molecule has 0 bridgehead atoms. The van der Waals surface area contributed by atoms with Gasteiger partial charge in [-0.3, -0.25) is 9.79 Å². The van der Waals surface area contributed by atoms with E-state index in [-0.39, 0.29) is 5.75 Å². The number of hydrogen-bond donors (Lipinski definition) is 3. The van der Waals surface area contributed by atoms with Crippen molar-refractivity contribution in [1.82, 2.24) is 0 Å². The van der Waals surface area contributed by atoms with Crippen molar-refractivity contribution >= 4 is 24.3 Å². The molecule has 2 aromatic carbocycles. The van der Waals surface area contributed by atoms with Crippen LogP contribution in [0.1, 0.15) is 5.56 Å². The average molecular weight is 253 g/mol. The topological polar surface area (TPSA) is 92.8 Å². The highest BCUT2D eigenvalue weighted by atomic mass is 31.2. The summed E-state index contributed by atoms with van der Waals surface area (Å²) in [5, 5.41) is 1.30. The Morgan fingerprint density at radius 2 is 1.82 bits per heavy atom. The van der Waals surface area contributed by atoms with Crippen molar-refractivity contribution in [2.24, 2.45) is 0 Å². The lowest BCUT2D eigenvalue weighted by atomic mass is 10.0. The Bertz CT molecular complexity index is 620. The summed E-state index contributed by atoms with van der Waals surface area (Å²) >= 11 is 0. The molecule has 5 nitrogen and oxygen atoms in total. The van der Waals surface area contributed by atoms with Crippen molar-refractivity contribution in [1.29, 1.82) is 0 Å². The van der Waals surface area contributed by atoms with Crippen LogP contribution in [-0.2, 0) is 4.57 Å². The molecule has 0 saturated heterocycles. The van der Waals surface area contributed by atoms with Crippen molar-refractivity contribution in [3.63, 3.8) is 0 Å². The first-order valence-electron chi connectivity index (χ1n) is 4.91. The molecule has 2 rings (SSSR count). The fourth-order valence-corrected chi connectivity index (χ4v) is 2.24.